The van der Waals surface area contributed by atoms with Gasteiger partial charge in [-0.1, -0.05) is 60.7 Å². The predicted octanol–water partition coefficient (Wildman–Crippen LogP) is 4.20. The molecule has 0 bridgehead atoms. The number of aromatic amines is 1. The lowest BCUT2D eigenvalue weighted by atomic mass is 10.1. The van der Waals surface area contributed by atoms with Gasteiger partial charge in [0.2, 0.25) is 0 Å². The highest BCUT2D eigenvalue weighted by Gasteiger charge is 2.12. The molecule has 2 N–H and O–H groups in total. The first-order valence-corrected chi connectivity index (χ1v) is 10.5. The van der Waals surface area contributed by atoms with Gasteiger partial charge in [-0.2, -0.15) is 0 Å². The van der Waals surface area contributed by atoms with E-state index in [-0.39, 0.29) is 5.92 Å². The normalized spacial score (nSPS) is 11.3. The predicted molar refractivity (Wildman–Crippen MR) is 120 cm³/mol. The van der Waals surface area contributed by atoms with Crippen molar-refractivity contribution >= 4 is 17.0 Å². The molecule has 0 unspecified atom stereocenters. The topological polar surface area (TPSA) is 85.0 Å². The number of nitrogens with one attached hydrogen (secondary N) is 2. The second-order valence-corrected chi connectivity index (χ2v) is 7.41. The summed E-state index contributed by atoms with van der Waals surface area (Å²) in [6, 6.07) is 20.4. The van der Waals surface area contributed by atoms with Crippen LogP contribution in [-0.2, 0) is 22.7 Å². The van der Waals surface area contributed by atoms with Crippen molar-refractivity contribution in [1.29, 1.82) is 0 Å². The number of hydrogen-bond acceptors (Lipinski definition) is 6. The fraction of sp³-hybridized carbons (Fsp3) is 0.292. The molecule has 0 radical (unpaired) electrons. The third-order valence-corrected chi connectivity index (χ3v) is 5.00. The van der Waals surface area contributed by atoms with E-state index in [1.165, 1.54) is 17.5 Å². The van der Waals surface area contributed by atoms with Crippen molar-refractivity contribution in [3.8, 4) is 0 Å². The van der Waals surface area contributed by atoms with E-state index in [1.807, 2.05) is 36.4 Å². The first-order chi connectivity index (χ1) is 15.4. The van der Waals surface area contributed by atoms with E-state index in [1.54, 1.807) is 6.33 Å². The Morgan fingerprint density at radius 2 is 1.45 bits per heavy atom. The zero-order valence-electron chi connectivity index (χ0n) is 17.4. The summed E-state index contributed by atoms with van der Waals surface area (Å²) in [5.41, 5.74) is 3.82. The van der Waals surface area contributed by atoms with E-state index in [0.717, 1.165) is 24.3 Å². The van der Waals surface area contributed by atoms with Crippen LogP contribution in [0.2, 0.25) is 0 Å². The van der Waals surface area contributed by atoms with Crippen LogP contribution in [0.5, 0.6) is 0 Å². The minimum absolute atomic E-state index is 0.263. The molecule has 0 aliphatic rings. The second kappa shape index (κ2) is 11.2. The number of ether oxygens (including phenoxy) is 2. The van der Waals surface area contributed by atoms with Crippen LogP contribution >= 0.6 is 0 Å². The van der Waals surface area contributed by atoms with Crippen LogP contribution in [0.25, 0.3) is 11.2 Å². The maximum absolute atomic E-state index is 6.00. The highest BCUT2D eigenvalue weighted by Crippen LogP contribution is 2.16. The average Bonchev–Trinajstić information content (AvgIpc) is 3.30. The van der Waals surface area contributed by atoms with Crippen molar-refractivity contribution in [2.45, 2.75) is 19.6 Å². The van der Waals surface area contributed by atoms with E-state index >= 15 is 0 Å². The molecule has 7 heteroatoms. The molecule has 0 saturated carbocycles. The van der Waals surface area contributed by atoms with Crippen LogP contribution in [0.4, 0.5) is 5.82 Å². The summed E-state index contributed by atoms with van der Waals surface area (Å²) in [7, 11) is 0. The van der Waals surface area contributed by atoms with Gasteiger partial charge < -0.3 is 19.8 Å². The molecule has 0 spiro atoms. The lowest BCUT2D eigenvalue weighted by Crippen LogP contribution is -2.20. The molecule has 2 heterocycles. The average molecular weight is 418 g/mol. The Morgan fingerprint density at radius 1 is 0.806 bits per heavy atom. The van der Waals surface area contributed by atoms with Crippen molar-refractivity contribution in [2.24, 2.45) is 5.92 Å². The van der Waals surface area contributed by atoms with Crippen LogP contribution in [0.15, 0.2) is 73.3 Å². The summed E-state index contributed by atoms with van der Waals surface area (Å²) in [4.78, 5) is 15.7. The zero-order valence-corrected chi connectivity index (χ0v) is 17.4. The molecule has 4 rings (SSSR count). The lowest BCUT2D eigenvalue weighted by Gasteiger charge is -2.18. The molecular weight excluding hydrogens is 390 g/mol. The molecule has 0 fully saturated rings. The van der Waals surface area contributed by atoms with Gasteiger partial charge in [0.15, 0.2) is 11.5 Å². The Hall–Kier alpha value is -3.29. The number of rotatable bonds is 12. The molecule has 0 atom stereocenters. The van der Waals surface area contributed by atoms with Crippen LogP contribution in [0.1, 0.15) is 17.5 Å². The number of imidazole rings is 1. The van der Waals surface area contributed by atoms with E-state index in [0.29, 0.717) is 32.1 Å². The standard InChI is InChI=1S/C24H27N5O2/c1-3-7-19(8-4-1)13-30-15-21(16-31-14-20-9-5-2-6-10-20)11-12-25-23-22-24(27-17-26-22)29-18-28-23/h1-10,17-18,21H,11-16H2,(H2,25,26,27,28,29). The highest BCUT2D eigenvalue weighted by atomic mass is 16.5. The molecular formula is C24H27N5O2. The summed E-state index contributed by atoms with van der Waals surface area (Å²) in [6.45, 7) is 3.22. The largest absolute Gasteiger partial charge is 0.376 e. The Kier molecular flexibility index (Phi) is 7.57. The number of anilines is 1. The summed E-state index contributed by atoms with van der Waals surface area (Å²) in [6.07, 6.45) is 4.04. The second-order valence-electron chi connectivity index (χ2n) is 7.41. The van der Waals surface area contributed by atoms with Crippen LogP contribution in [0, 0.1) is 5.92 Å². The van der Waals surface area contributed by atoms with Crippen molar-refractivity contribution in [1.82, 2.24) is 19.9 Å². The Labute approximate surface area is 181 Å². The van der Waals surface area contributed by atoms with Gasteiger partial charge in [-0.3, -0.25) is 0 Å². The van der Waals surface area contributed by atoms with Gasteiger partial charge in [-0.05, 0) is 17.5 Å². The fourth-order valence-corrected chi connectivity index (χ4v) is 3.34. The Bertz CT molecular complexity index is 994. The number of nitrogens with zero attached hydrogens (tertiary/aromatic N) is 3. The number of H-pyrrole nitrogens is 1. The summed E-state index contributed by atoms with van der Waals surface area (Å²) in [5.74, 6) is 1.02. The maximum Gasteiger partial charge on any atom is 0.182 e. The number of aromatic nitrogens is 4. The highest BCUT2D eigenvalue weighted by molar-refractivity contribution is 5.81. The summed E-state index contributed by atoms with van der Waals surface area (Å²) >= 11 is 0. The summed E-state index contributed by atoms with van der Waals surface area (Å²) in [5, 5.41) is 3.39. The molecule has 2 aromatic heterocycles. The number of hydrogen-bond donors (Lipinski definition) is 2. The van der Waals surface area contributed by atoms with Crippen LogP contribution in [0.3, 0.4) is 0 Å². The van der Waals surface area contributed by atoms with Crippen molar-refractivity contribution in [2.75, 3.05) is 25.1 Å². The molecule has 0 saturated heterocycles. The van der Waals surface area contributed by atoms with Gasteiger partial charge in [-0.25, -0.2) is 15.0 Å². The minimum Gasteiger partial charge on any atom is -0.376 e. The SMILES string of the molecule is c1ccc(COCC(CCNc2ncnc3nc[nH]c23)COCc2ccccc2)cc1. The van der Waals surface area contributed by atoms with Crippen molar-refractivity contribution in [3.63, 3.8) is 0 Å². The van der Waals surface area contributed by atoms with Gasteiger partial charge in [0.1, 0.15) is 11.8 Å². The monoisotopic (exact) mass is 417 g/mol. The molecule has 2 aromatic carbocycles. The lowest BCUT2D eigenvalue weighted by molar-refractivity contribution is 0.0252. The van der Waals surface area contributed by atoms with Gasteiger partial charge >= 0.3 is 0 Å². The molecule has 7 nitrogen and oxygen atoms in total. The molecule has 160 valence electrons. The quantitative estimate of drug-likeness (QED) is 0.359. The Morgan fingerprint density at radius 3 is 2.10 bits per heavy atom. The van der Waals surface area contributed by atoms with Gasteiger partial charge in [-0.15, -0.1) is 0 Å². The molecule has 0 amide bonds. The first kappa shape index (κ1) is 21.0. The zero-order chi connectivity index (χ0) is 21.1. The Balaban J connectivity index is 1.29. The van der Waals surface area contributed by atoms with Gasteiger partial charge in [0.25, 0.3) is 0 Å². The van der Waals surface area contributed by atoms with E-state index in [4.69, 9.17) is 9.47 Å². The minimum atomic E-state index is 0.263. The fourth-order valence-electron chi connectivity index (χ4n) is 3.34. The number of benzene rings is 2. The van der Waals surface area contributed by atoms with E-state index in [2.05, 4.69) is 49.5 Å². The molecule has 4 aromatic rings. The molecule has 31 heavy (non-hydrogen) atoms. The molecule has 0 aliphatic heterocycles. The smallest absolute Gasteiger partial charge is 0.182 e. The van der Waals surface area contributed by atoms with Crippen molar-refractivity contribution < 1.29 is 9.47 Å². The molecule has 0 aliphatic carbocycles. The summed E-state index contributed by atoms with van der Waals surface area (Å²) < 4.78 is 12.0. The van der Waals surface area contributed by atoms with Gasteiger partial charge in [0.05, 0.1) is 32.8 Å². The third kappa shape index (κ3) is 6.34. The third-order valence-electron chi connectivity index (χ3n) is 5.00. The maximum atomic E-state index is 6.00. The first-order valence-electron chi connectivity index (χ1n) is 10.5. The van der Waals surface area contributed by atoms with E-state index < -0.39 is 0 Å². The van der Waals surface area contributed by atoms with Crippen LogP contribution in [-0.4, -0.2) is 39.7 Å². The van der Waals surface area contributed by atoms with Gasteiger partial charge in [0, 0.05) is 12.5 Å². The number of fused-ring (bicyclic) bond motifs is 1. The van der Waals surface area contributed by atoms with Crippen LogP contribution < -0.4 is 5.32 Å². The van der Waals surface area contributed by atoms with E-state index in [9.17, 15) is 0 Å². The van der Waals surface area contributed by atoms with Crippen molar-refractivity contribution in [3.05, 3.63) is 84.4 Å².